The number of carbonyl (C=O) groups excluding carboxylic acids is 1. The summed E-state index contributed by atoms with van der Waals surface area (Å²) in [5, 5.41) is 10.6. The second-order valence-electron chi connectivity index (χ2n) is 10.1. The summed E-state index contributed by atoms with van der Waals surface area (Å²) in [5.41, 5.74) is 8.50. The van der Waals surface area contributed by atoms with Gasteiger partial charge in [0.1, 0.15) is 11.6 Å². The minimum atomic E-state index is -0.263. The number of amides is 1. The van der Waals surface area contributed by atoms with Crippen molar-refractivity contribution in [1.29, 1.82) is 0 Å². The van der Waals surface area contributed by atoms with Crippen LogP contribution in [-0.2, 0) is 17.8 Å². The lowest BCUT2D eigenvalue weighted by molar-refractivity contribution is 0.105. The topological polar surface area (TPSA) is 121 Å². The van der Waals surface area contributed by atoms with Crippen molar-refractivity contribution < 1.29 is 9.53 Å². The molecule has 1 saturated heterocycles. The first-order chi connectivity index (χ1) is 18.6. The molecule has 0 atom stereocenters. The zero-order valence-electron chi connectivity index (χ0n) is 22.8. The molecule has 1 aromatic heterocycles. The maximum absolute atomic E-state index is 12.0. The Kier molecular flexibility index (Phi) is 10.8. The number of hydrogen-bond donors (Lipinski definition) is 4. The van der Waals surface area contributed by atoms with Gasteiger partial charge in [-0.3, -0.25) is 0 Å². The van der Waals surface area contributed by atoms with E-state index in [-0.39, 0.29) is 6.09 Å². The molecule has 1 amide bonds. The summed E-state index contributed by atoms with van der Waals surface area (Å²) in [6, 6.07) is 11.1. The molecule has 38 heavy (non-hydrogen) atoms. The second-order valence-corrected chi connectivity index (χ2v) is 10.1. The molecule has 4 rings (SSSR count). The smallest absolute Gasteiger partial charge is 0.409 e. The molecule has 1 aliphatic carbocycles. The van der Waals surface area contributed by atoms with E-state index in [1.807, 2.05) is 6.92 Å². The molecule has 0 spiro atoms. The predicted molar refractivity (Wildman–Crippen MR) is 152 cm³/mol. The van der Waals surface area contributed by atoms with Gasteiger partial charge in [0.05, 0.1) is 6.61 Å². The molecule has 2 aromatic rings. The van der Waals surface area contributed by atoms with Gasteiger partial charge in [0, 0.05) is 51.4 Å². The van der Waals surface area contributed by atoms with Crippen LogP contribution in [0.5, 0.6) is 0 Å². The van der Waals surface area contributed by atoms with Crippen LogP contribution in [0.15, 0.2) is 30.3 Å². The van der Waals surface area contributed by atoms with E-state index in [1.165, 1.54) is 37.7 Å². The summed E-state index contributed by atoms with van der Waals surface area (Å²) in [4.78, 5) is 24.8. The Morgan fingerprint density at radius 3 is 2.42 bits per heavy atom. The minimum Gasteiger partial charge on any atom is -0.450 e. The summed E-state index contributed by atoms with van der Waals surface area (Å²) in [6.45, 7) is 8.32. The van der Waals surface area contributed by atoms with Gasteiger partial charge in [-0.15, -0.1) is 0 Å². The van der Waals surface area contributed by atoms with Gasteiger partial charge >= 0.3 is 6.09 Å². The standard InChI is InChI=1S/C28H44N8O2/c1-2-38-28(37)36-17-15-35(16-18-36)26-19-25(29)33-27(34-26)32-21-23-11-9-22(10-12-23)20-30-13-6-14-31-24-7-4-3-5-8-24/h9-12,19,24,30-31H,2-8,13-18,20-21H2,1H3,(H3,29,32,33,34). The van der Waals surface area contributed by atoms with E-state index >= 15 is 0 Å². The number of anilines is 3. The average Bonchev–Trinajstić information content (AvgIpc) is 2.95. The summed E-state index contributed by atoms with van der Waals surface area (Å²) in [5.74, 6) is 1.68. The van der Waals surface area contributed by atoms with E-state index in [4.69, 9.17) is 10.5 Å². The van der Waals surface area contributed by atoms with Crippen molar-refractivity contribution in [3.8, 4) is 0 Å². The van der Waals surface area contributed by atoms with Crippen LogP contribution >= 0.6 is 0 Å². The van der Waals surface area contributed by atoms with E-state index in [0.29, 0.717) is 51.1 Å². The molecule has 10 nitrogen and oxygen atoms in total. The molecule has 0 radical (unpaired) electrons. The fourth-order valence-electron chi connectivity index (χ4n) is 5.04. The molecule has 1 aliphatic heterocycles. The highest BCUT2D eigenvalue weighted by Crippen LogP contribution is 2.19. The Hall–Kier alpha value is -3.11. The molecule has 0 bridgehead atoms. The monoisotopic (exact) mass is 524 g/mol. The third-order valence-corrected chi connectivity index (χ3v) is 7.23. The lowest BCUT2D eigenvalue weighted by atomic mass is 9.95. The lowest BCUT2D eigenvalue weighted by Gasteiger charge is -2.34. The number of nitrogens with two attached hydrogens (primary N) is 1. The molecule has 2 aliphatic rings. The zero-order valence-corrected chi connectivity index (χ0v) is 22.8. The number of rotatable bonds is 12. The maximum Gasteiger partial charge on any atom is 0.409 e. The van der Waals surface area contributed by atoms with E-state index in [2.05, 4.69) is 55.1 Å². The van der Waals surface area contributed by atoms with Crippen molar-refractivity contribution in [2.75, 3.05) is 61.8 Å². The Labute approximate surface area is 226 Å². The van der Waals surface area contributed by atoms with Crippen molar-refractivity contribution in [2.45, 2.75) is 64.6 Å². The van der Waals surface area contributed by atoms with Crippen molar-refractivity contribution in [1.82, 2.24) is 25.5 Å². The normalized spacial score (nSPS) is 16.4. The number of ether oxygens (including phenoxy) is 1. The van der Waals surface area contributed by atoms with Gasteiger partial charge in [-0.1, -0.05) is 43.5 Å². The molecular formula is C28H44N8O2. The van der Waals surface area contributed by atoms with Gasteiger partial charge in [0.25, 0.3) is 0 Å². The van der Waals surface area contributed by atoms with Crippen molar-refractivity contribution in [3.63, 3.8) is 0 Å². The minimum absolute atomic E-state index is 0.263. The average molecular weight is 525 g/mol. The van der Waals surface area contributed by atoms with Gasteiger partial charge in [-0.25, -0.2) is 4.79 Å². The number of hydrogen-bond acceptors (Lipinski definition) is 9. The van der Waals surface area contributed by atoms with E-state index < -0.39 is 0 Å². The highest BCUT2D eigenvalue weighted by Gasteiger charge is 2.23. The fraction of sp³-hybridized carbons (Fsp3) is 0.607. The van der Waals surface area contributed by atoms with Crippen LogP contribution in [0.4, 0.5) is 22.4 Å². The highest BCUT2D eigenvalue weighted by atomic mass is 16.6. The van der Waals surface area contributed by atoms with Crippen LogP contribution in [0.3, 0.4) is 0 Å². The molecule has 1 aromatic carbocycles. The third-order valence-electron chi connectivity index (χ3n) is 7.23. The summed E-state index contributed by atoms with van der Waals surface area (Å²) < 4.78 is 5.10. The maximum atomic E-state index is 12.0. The van der Waals surface area contributed by atoms with E-state index in [9.17, 15) is 4.79 Å². The van der Waals surface area contributed by atoms with Gasteiger partial charge in [-0.2, -0.15) is 9.97 Å². The number of nitrogens with one attached hydrogen (secondary N) is 3. The van der Waals surface area contributed by atoms with Crippen molar-refractivity contribution >= 4 is 23.7 Å². The fourth-order valence-corrected chi connectivity index (χ4v) is 5.04. The predicted octanol–water partition coefficient (Wildman–Crippen LogP) is 3.35. The number of benzene rings is 1. The number of aromatic nitrogens is 2. The largest absolute Gasteiger partial charge is 0.450 e. The first-order valence-electron chi connectivity index (χ1n) is 14.2. The Morgan fingerprint density at radius 1 is 1.00 bits per heavy atom. The van der Waals surface area contributed by atoms with Crippen LogP contribution in [0.2, 0.25) is 0 Å². The quantitative estimate of drug-likeness (QED) is 0.310. The molecular weight excluding hydrogens is 480 g/mol. The highest BCUT2D eigenvalue weighted by molar-refractivity contribution is 5.68. The molecule has 2 fully saturated rings. The van der Waals surface area contributed by atoms with E-state index in [1.54, 1.807) is 11.0 Å². The van der Waals surface area contributed by atoms with Crippen LogP contribution in [0, 0.1) is 0 Å². The van der Waals surface area contributed by atoms with Crippen molar-refractivity contribution in [2.24, 2.45) is 0 Å². The van der Waals surface area contributed by atoms with Gasteiger partial charge in [0.2, 0.25) is 5.95 Å². The molecule has 208 valence electrons. The van der Waals surface area contributed by atoms with Gasteiger partial charge in [0.15, 0.2) is 0 Å². The molecule has 1 saturated carbocycles. The third kappa shape index (κ3) is 8.73. The van der Waals surface area contributed by atoms with Gasteiger partial charge in [-0.05, 0) is 50.4 Å². The summed E-state index contributed by atoms with van der Waals surface area (Å²) >= 11 is 0. The summed E-state index contributed by atoms with van der Waals surface area (Å²) in [7, 11) is 0. The SMILES string of the molecule is CCOC(=O)N1CCN(c2cc(N)nc(NCc3ccc(CNCCCNC4CCCCC4)cc3)n2)CC1. The number of nitrogens with zero attached hydrogens (tertiary/aromatic N) is 4. The molecule has 0 unspecified atom stereocenters. The van der Waals surface area contributed by atoms with Crippen molar-refractivity contribution in [3.05, 3.63) is 41.5 Å². The van der Waals surface area contributed by atoms with Crippen LogP contribution in [0.25, 0.3) is 0 Å². The number of carbonyl (C=O) groups is 1. The van der Waals surface area contributed by atoms with Crippen LogP contribution in [0.1, 0.15) is 56.6 Å². The first-order valence-corrected chi connectivity index (χ1v) is 14.2. The number of nitrogen functional groups attached to an aromatic ring is 1. The first kappa shape index (κ1) is 27.9. The second kappa shape index (κ2) is 14.7. The molecule has 10 heteroatoms. The van der Waals surface area contributed by atoms with Crippen LogP contribution < -0.4 is 26.6 Å². The van der Waals surface area contributed by atoms with Gasteiger partial charge < -0.3 is 36.2 Å². The molecule has 2 heterocycles. The van der Waals surface area contributed by atoms with E-state index in [0.717, 1.165) is 43.5 Å². The zero-order chi connectivity index (χ0) is 26.6. The Balaban J connectivity index is 1.17. The molecule has 5 N–H and O–H groups in total. The summed E-state index contributed by atoms with van der Waals surface area (Å²) in [6.07, 6.45) is 7.74. The van der Waals surface area contributed by atoms with Crippen LogP contribution in [-0.4, -0.2) is 72.9 Å². The number of piperazine rings is 1. The Bertz CT molecular complexity index is 989. The lowest BCUT2D eigenvalue weighted by Crippen LogP contribution is -2.49. The Morgan fingerprint density at radius 2 is 1.71 bits per heavy atom.